The first-order valence-corrected chi connectivity index (χ1v) is 6.37. The maximum Gasteiger partial charge on any atom is 0.133 e. The molecule has 0 spiro atoms. The SMILES string of the molecule is CCNCc1ccc(-c2cc(C)c(F)cc2F)cc1. The van der Waals surface area contributed by atoms with E-state index in [-0.39, 0.29) is 0 Å². The van der Waals surface area contributed by atoms with Gasteiger partial charge in [-0.25, -0.2) is 8.78 Å². The Morgan fingerprint density at radius 1 is 1.00 bits per heavy atom. The first kappa shape index (κ1) is 13.7. The molecule has 2 aromatic carbocycles. The lowest BCUT2D eigenvalue weighted by molar-refractivity contribution is 0.579. The first-order chi connectivity index (χ1) is 9.11. The minimum Gasteiger partial charge on any atom is -0.313 e. The van der Waals surface area contributed by atoms with E-state index >= 15 is 0 Å². The fourth-order valence-corrected chi connectivity index (χ4v) is 1.95. The summed E-state index contributed by atoms with van der Waals surface area (Å²) in [6.45, 7) is 5.39. The number of hydrogen-bond acceptors (Lipinski definition) is 1. The lowest BCUT2D eigenvalue weighted by atomic mass is 10.0. The molecule has 0 aliphatic carbocycles. The highest BCUT2D eigenvalue weighted by Crippen LogP contribution is 2.25. The summed E-state index contributed by atoms with van der Waals surface area (Å²) in [5, 5.41) is 3.23. The predicted octanol–water partition coefficient (Wildman–Crippen LogP) is 4.05. The Labute approximate surface area is 112 Å². The minimum atomic E-state index is -0.525. The van der Waals surface area contributed by atoms with Crippen molar-refractivity contribution in [2.75, 3.05) is 6.54 Å². The molecule has 0 unspecified atom stereocenters. The van der Waals surface area contributed by atoms with Crippen molar-refractivity contribution >= 4 is 0 Å². The maximum absolute atomic E-state index is 13.8. The topological polar surface area (TPSA) is 12.0 Å². The number of aryl methyl sites for hydroxylation is 1. The van der Waals surface area contributed by atoms with E-state index in [1.165, 1.54) is 0 Å². The molecule has 0 aliphatic rings. The van der Waals surface area contributed by atoms with Crippen molar-refractivity contribution in [3.8, 4) is 11.1 Å². The number of benzene rings is 2. The molecular weight excluding hydrogens is 244 g/mol. The number of rotatable bonds is 4. The Morgan fingerprint density at radius 2 is 1.68 bits per heavy atom. The van der Waals surface area contributed by atoms with Gasteiger partial charge in [-0.15, -0.1) is 0 Å². The summed E-state index contributed by atoms with van der Waals surface area (Å²) in [7, 11) is 0. The van der Waals surface area contributed by atoms with Crippen LogP contribution in [0.5, 0.6) is 0 Å². The molecule has 0 radical (unpaired) electrons. The summed E-state index contributed by atoms with van der Waals surface area (Å²) in [5.41, 5.74) is 2.80. The van der Waals surface area contributed by atoms with E-state index in [4.69, 9.17) is 0 Å². The highest BCUT2D eigenvalue weighted by molar-refractivity contribution is 5.65. The minimum absolute atomic E-state index is 0.439. The Balaban J connectivity index is 2.29. The molecule has 2 rings (SSSR count). The van der Waals surface area contributed by atoms with Crippen molar-refractivity contribution in [1.82, 2.24) is 5.32 Å². The molecule has 0 heterocycles. The van der Waals surface area contributed by atoms with E-state index in [1.807, 2.05) is 31.2 Å². The van der Waals surface area contributed by atoms with Crippen molar-refractivity contribution in [2.24, 2.45) is 0 Å². The van der Waals surface area contributed by atoms with Gasteiger partial charge in [-0.05, 0) is 36.2 Å². The second-order valence-corrected chi connectivity index (χ2v) is 4.56. The zero-order valence-electron chi connectivity index (χ0n) is 11.1. The molecule has 0 aromatic heterocycles. The van der Waals surface area contributed by atoms with Gasteiger partial charge >= 0.3 is 0 Å². The van der Waals surface area contributed by atoms with Crippen molar-refractivity contribution in [1.29, 1.82) is 0 Å². The molecule has 1 nitrogen and oxygen atoms in total. The highest BCUT2D eigenvalue weighted by Gasteiger charge is 2.09. The maximum atomic E-state index is 13.8. The van der Waals surface area contributed by atoms with Crippen LogP contribution in [0.25, 0.3) is 11.1 Å². The summed E-state index contributed by atoms with van der Waals surface area (Å²) in [6.07, 6.45) is 0. The number of halogens is 2. The van der Waals surface area contributed by atoms with Gasteiger partial charge in [0, 0.05) is 18.2 Å². The Kier molecular flexibility index (Phi) is 4.27. The summed E-state index contributed by atoms with van der Waals surface area (Å²) in [5.74, 6) is -1.03. The van der Waals surface area contributed by atoms with E-state index < -0.39 is 11.6 Å². The van der Waals surface area contributed by atoms with Crippen molar-refractivity contribution < 1.29 is 8.78 Å². The molecule has 0 saturated heterocycles. The molecule has 2 aromatic rings. The Hall–Kier alpha value is -1.74. The van der Waals surface area contributed by atoms with Gasteiger partial charge in [0.2, 0.25) is 0 Å². The second-order valence-electron chi connectivity index (χ2n) is 4.56. The third-order valence-corrected chi connectivity index (χ3v) is 3.09. The normalized spacial score (nSPS) is 10.7. The monoisotopic (exact) mass is 261 g/mol. The third-order valence-electron chi connectivity index (χ3n) is 3.09. The fraction of sp³-hybridized carbons (Fsp3) is 0.250. The van der Waals surface area contributed by atoms with Gasteiger partial charge in [0.15, 0.2) is 0 Å². The molecule has 19 heavy (non-hydrogen) atoms. The van der Waals surface area contributed by atoms with Crippen LogP contribution in [0.2, 0.25) is 0 Å². The second kappa shape index (κ2) is 5.93. The molecule has 0 amide bonds. The molecule has 1 N–H and O–H groups in total. The summed E-state index contributed by atoms with van der Waals surface area (Å²) >= 11 is 0. The third kappa shape index (κ3) is 3.18. The molecule has 0 atom stereocenters. The number of nitrogens with one attached hydrogen (secondary N) is 1. The van der Waals surface area contributed by atoms with Gasteiger partial charge in [0.05, 0.1) is 0 Å². The average molecular weight is 261 g/mol. The zero-order chi connectivity index (χ0) is 13.8. The van der Waals surface area contributed by atoms with Crippen LogP contribution in [0.4, 0.5) is 8.78 Å². The van der Waals surface area contributed by atoms with Crippen LogP contribution in [-0.2, 0) is 6.54 Å². The predicted molar refractivity (Wildman–Crippen MR) is 73.9 cm³/mol. The van der Waals surface area contributed by atoms with Crippen LogP contribution in [0, 0.1) is 18.6 Å². The smallest absolute Gasteiger partial charge is 0.133 e. The van der Waals surface area contributed by atoms with Crippen LogP contribution in [0.15, 0.2) is 36.4 Å². The van der Waals surface area contributed by atoms with E-state index in [0.717, 1.165) is 30.3 Å². The summed E-state index contributed by atoms with van der Waals surface area (Å²) in [6, 6.07) is 10.1. The van der Waals surface area contributed by atoms with Crippen molar-refractivity contribution in [3.05, 3.63) is 59.2 Å². The van der Waals surface area contributed by atoms with Crippen LogP contribution in [0.3, 0.4) is 0 Å². The van der Waals surface area contributed by atoms with Gasteiger partial charge in [-0.2, -0.15) is 0 Å². The fourth-order valence-electron chi connectivity index (χ4n) is 1.95. The van der Waals surface area contributed by atoms with Crippen LogP contribution >= 0.6 is 0 Å². The highest BCUT2D eigenvalue weighted by atomic mass is 19.1. The van der Waals surface area contributed by atoms with Gasteiger partial charge in [0.1, 0.15) is 11.6 Å². The van der Waals surface area contributed by atoms with Gasteiger partial charge in [-0.3, -0.25) is 0 Å². The van der Waals surface area contributed by atoms with E-state index in [1.54, 1.807) is 13.0 Å². The van der Waals surface area contributed by atoms with Crippen molar-refractivity contribution in [3.63, 3.8) is 0 Å². The van der Waals surface area contributed by atoms with Crippen LogP contribution < -0.4 is 5.32 Å². The molecule has 0 aliphatic heterocycles. The molecule has 3 heteroatoms. The van der Waals surface area contributed by atoms with Gasteiger partial charge < -0.3 is 5.32 Å². The van der Waals surface area contributed by atoms with Crippen LogP contribution in [-0.4, -0.2) is 6.54 Å². The van der Waals surface area contributed by atoms with Gasteiger partial charge in [-0.1, -0.05) is 31.2 Å². The largest absolute Gasteiger partial charge is 0.313 e. The Bertz CT molecular complexity index is 562. The number of hydrogen-bond donors (Lipinski definition) is 1. The van der Waals surface area contributed by atoms with Gasteiger partial charge in [0.25, 0.3) is 0 Å². The summed E-state index contributed by atoms with van der Waals surface area (Å²) in [4.78, 5) is 0. The molecule has 0 fully saturated rings. The first-order valence-electron chi connectivity index (χ1n) is 6.37. The summed E-state index contributed by atoms with van der Waals surface area (Å²) < 4.78 is 27.0. The lowest BCUT2D eigenvalue weighted by Crippen LogP contribution is -2.11. The van der Waals surface area contributed by atoms with Crippen molar-refractivity contribution in [2.45, 2.75) is 20.4 Å². The van der Waals surface area contributed by atoms with E-state index in [2.05, 4.69) is 5.32 Å². The standard InChI is InChI=1S/C16H17F2N/c1-3-19-10-12-4-6-13(7-5-12)14-8-11(2)15(17)9-16(14)18/h4-9,19H,3,10H2,1-2H3. The van der Waals surface area contributed by atoms with E-state index in [9.17, 15) is 8.78 Å². The van der Waals surface area contributed by atoms with Crippen LogP contribution in [0.1, 0.15) is 18.1 Å². The molecule has 100 valence electrons. The Morgan fingerprint density at radius 3 is 2.32 bits per heavy atom. The average Bonchev–Trinajstić information content (AvgIpc) is 2.41. The molecule has 0 bridgehead atoms. The zero-order valence-corrected chi connectivity index (χ0v) is 11.1. The quantitative estimate of drug-likeness (QED) is 0.875. The lowest BCUT2D eigenvalue weighted by Gasteiger charge is -2.08. The molecule has 0 saturated carbocycles. The van der Waals surface area contributed by atoms with E-state index in [0.29, 0.717) is 11.1 Å². The molecular formula is C16H17F2N.